The summed E-state index contributed by atoms with van der Waals surface area (Å²) in [5.41, 5.74) is 1.29. The lowest BCUT2D eigenvalue weighted by Crippen LogP contribution is -2.48. The van der Waals surface area contributed by atoms with Gasteiger partial charge in [0.05, 0.1) is 18.0 Å². The first-order chi connectivity index (χ1) is 12.6. The second kappa shape index (κ2) is 9.34. The van der Waals surface area contributed by atoms with E-state index in [1.807, 2.05) is 36.9 Å². The number of nitrogens with one attached hydrogen (secondary N) is 1. The summed E-state index contributed by atoms with van der Waals surface area (Å²) in [6.07, 6.45) is 1.12. The molecular formula is C18H24N4O2S2. The summed E-state index contributed by atoms with van der Waals surface area (Å²) in [6.45, 7) is 6.13. The summed E-state index contributed by atoms with van der Waals surface area (Å²) in [5, 5.41) is 12.4. The first-order valence-corrected chi connectivity index (χ1v) is 10.6. The Kier molecular flexibility index (Phi) is 6.87. The minimum Gasteiger partial charge on any atom is -0.372 e. The number of hydrogen-bond acceptors (Lipinski definition) is 7. The molecule has 1 aromatic heterocycles. The lowest BCUT2D eigenvalue weighted by atomic mass is 10.2. The number of anilines is 1. The van der Waals surface area contributed by atoms with Crippen molar-refractivity contribution in [2.75, 3.05) is 30.7 Å². The van der Waals surface area contributed by atoms with Crippen LogP contribution in [0.2, 0.25) is 0 Å². The van der Waals surface area contributed by atoms with Crippen molar-refractivity contribution >= 4 is 34.1 Å². The minimum absolute atomic E-state index is 0.0923. The van der Waals surface area contributed by atoms with E-state index < -0.39 is 0 Å². The van der Waals surface area contributed by atoms with Gasteiger partial charge in [-0.05, 0) is 25.8 Å². The van der Waals surface area contributed by atoms with Crippen molar-refractivity contribution in [1.82, 2.24) is 15.1 Å². The normalized spacial score (nSPS) is 20.2. The summed E-state index contributed by atoms with van der Waals surface area (Å²) < 4.78 is 6.49. The number of amides is 1. The molecule has 0 radical (unpaired) electrons. The Labute approximate surface area is 162 Å². The van der Waals surface area contributed by atoms with Crippen LogP contribution in [0.25, 0.3) is 0 Å². The lowest BCUT2D eigenvalue weighted by Gasteiger charge is -2.35. The number of aromatic nitrogens is 2. The first kappa shape index (κ1) is 19.1. The molecule has 1 fully saturated rings. The van der Waals surface area contributed by atoms with Crippen molar-refractivity contribution in [2.24, 2.45) is 0 Å². The van der Waals surface area contributed by atoms with Crippen LogP contribution in [0.3, 0.4) is 0 Å². The van der Waals surface area contributed by atoms with Gasteiger partial charge in [0.25, 0.3) is 0 Å². The van der Waals surface area contributed by atoms with Crippen molar-refractivity contribution in [2.45, 2.75) is 36.8 Å². The number of nitrogens with zero attached hydrogens (tertiary/aromatic N) is 3. The Morgan fingerprint density at radius 3 is 2.73 bits per heavy atom. The van der Waals surface area contributed by atoms with Crippen LogP contribution in [0, 0.1) is 0 Å². The molecule has 6 nitrogen and oxygen atoms in total. The zero-order valence-electron chi connectivity index (χ0n) is 15.1. The van der Waals surface area contributed by atoms with Crippen LogP contribution < -0.4 is 5.32 Å². The molecule has 2 heterocycles. The zero-order valence-corrected chi connectivity index (χ0v) is 16.7. The Morgan fingerprint density at radius 1 is 1.27 bits per heavy atom. The maximum Gasteiger partial charge on any atom is 0.233 e. The van der Waals surface area contributed by atoms with Crippen molar-refractivity contribution in [3.05, 3.63) is 35.9 Å². The van der Waals surface area contributed by atoms with Crippen LogP contribution in [0.1, 0.15) is 19.4 Å². The highest BCUT2D eigenvalue weighted by atomic mass is 32.2. The van der Waals surface area contributed by atoms with Gasteiger partial charge in [-0.2, -0.15) is 0 Å². The van der Waals surface area contributed by atoms with Gasteiger partial charge in [-0.1, -0.05) is 53.4 Å². The number of morpholine rings is 1. The fraction of sp³-hybridized carbons (Fsp3) is 0.500. The molecular weight excluding hydrogens is 368 g/mol. The zero-order chi connectivity index (χ0) is 18.4. The van der Waals surface area contributed by atoms with E-state index in [2.05, 4.69) is 27.6 Å². The van der Waals surface area contributed by atoms with Crippen molar-refractivity contribution in [3.8, 4) is 0 Å². The van der Waals surface area contributed by atoms with Gasteiger partial charge >= 0.3 is 0 Å². The van der Waals surface area contributed by atoms with Gasteiger partial charge in [0, 0.05) is 19.6 Å². The molecule has 8 heteroatoms. The number of thioether (sulfide) groups is 1. The molecule has 1 aliphatic heterocycles. The summed E-state index contributed by atoms with van der Waals surface area (Å²) >= 11 is 2.94. The molecule has 0 spiro atoms. The van der Waals surface area contributed by atoms with E-state index in [-0.39, 0.29) is 18.1 Å². The summed E-state index contributed by atoms with van der Waals surface area (Å²) in [6, 6.07) is 10.3. The van der Waals surface area contributed by atoms with Crippen LogP contribution >= 0.6 is 23.1 Å². The molecule has 1 aromatic carbocycles. The topological polar surface area (TPSA) is 67.4 Å². The molecule has 0 saturated carbocycles. The number of hydrogen-bond donors (Lipinski definition) is 1. The summed E-state index contributed by atoms with van der Waals surface area (Å²) in [5.74, 6) is 0.517. The SMILES string of the molecule is CC1CN(C(=O)CSc2nnc(NCCc3ccccc3)s2)CC(C)O1. The highest BCUT2D eigenvalue weighted by molar-refractivity contribution is 8.01. The Morgan fingerprint density at radius 2 is 2.00 bits per heavy atom. The van der Waals surface area contributed by atoms with Gasteiger partial charge in [0.2, 0.25) is 11.0 Å². The van der Waals surface area contributed by atoms with E-state index >= 15 is 0 Å². The fourth-order valence-electron chi connectivity index (χ4n) is 2.89. The quantitative estimate of drug-likeness (QED) is 0.731. The average molecular weight is 393 g/mol. The van der Waals surface area contributed by atoms with Crippen molar-refractivity contribution in [1.29, 1.82) is 0 Å². The molecule has 0 bridgehead atoms. The fourth-order valence-corrected chi connectivity index (χ4v) is 4.57. The molecule has 1 N–H and O–H groups in total. The molecule has 3 rings (SSSR count). The third kappa shape index (κ3) is 5.69. The van der Waals surface area contributed by atoms with Gasteiger partial charge in [-0.25, -0.2) is 0 Å². The second-order valence-corrected chi connectivity index (χ2v) is 8.58. The van der Waals surface area contributed by atoms with E-state index in [1.54, 1.807) is 0 Å². The Hall–Kier alpha value is -1.64. The minimum atomic E-state index is 0.0923. The second-order valence-electron chi connectivity index (χ2n) is 6.38. The number of carbonyl (C=O) groups excluding carboxylic acids is 1. The maximum absolute atomic E-state index is 12.4. The highest BCUT2D eigenvalue weighted by Crippen LogP contribution is 2.26. The van der Waals surface area contributed by atoms with E-state index in [4.69, 9.17) is 4.74 Å². The molecule has 0 aliphatic carbocycles. The summed E-state index contributed by atoms with van der Waals surface area (Å²) in [7, 11) is 0. The van der Waals surface area contributed by atoms with Gasteiger partial charge in [-0.15, -0.1) is 10.2 Å². The Balaban J connectivity index is 1.41. The maximum atomic E-state index is 12.4. The van der Waals surface area contributed by atoms with E-state index in [9.17, 15) is 4.79 Å². The summed E-state index contributed by atoms with van der Waals surface area (Å²) in [4.78, 5) is 14.3. The monoisotopic (exact) mass is 392 g/mol. The lowest BCUT2D eigenvalue weighted by molar-refractivity contribution is -0.140. The number of benzene rings is 1. The predicted octanol–water partition coefficient (Wildman–Crippen LogP) is 2.92. The van der Waals surface area contributed by atoms with Crippen molar-refractivity contribution in [3.63, 3.8) is 0 Å². The third-order valence-corrected chi connectivity index (χ3v) is 6.03. The number of ether oxygens (including phenoxy) is 1. The molecule has 1 amide bonds. The molecule has 2 atom stereocenters. The van der Waals surface area contributed by atoms with E-state index in [1.165, 1.54) is 28.7 Å². The standard InChI is InChI=1S/C18H24N4O2S2/c1-13-10-22(11-14(2)24-13)16(23)12-25-18-21-20-17(26-18)19-9-8-15-6-4-3-5-7-15/h3-7,13-14H,8-12H2,1-2H3,(H,19,20). The smallest absolute Gasteiger partial charge is 0.233 e. The highest BCUT2D eigenvalue weighted by Gasteiger charge is 2.25. The molecule has 1 aliphatic rings. The molecule has 2 aromatic rings. The molecule has 140 valence electrons. The first-order valence-electron chi connectivity index (χ1n) is 8.77. The van der Waals surface area contributed by atoms with Crippen LogP contribution in [-0.4, -0.2) is 58.6 Å². The van der Waals surface area contributed by atoms with Gasteiger partial charge in [0.15, 0.2) is 4.34 Å². The van der Waals surface area contributed by atoms with Gasteiger partial charge in [0.1, 0.15) is 0 Å². The molecule has 2 unspecified atom stereocenters. The van der Waals surface area contributed by atoms with Gasteiger partial charge < -0.3 is 15.0 Å². The van der Waals surface area contributed by atoms with Crippen LogP contribution in [0.4, 0.5) is 5.13 Å². The average Bonchev–Trinajstić information content (AvgIpc) is 3.07. The van der Waals surface area contributed by atoms with Crippen LogP contribution in [0.5, 0.6) is 0 Å². The largest absolute Gasteiger partial charge is 0.372 e. The Bertz CT molecular complexity index is 700. The third-order valence-electron chi connectivity index (χ3n) is 4.03. The van der Waals surface area contributed by atoms with Crippen molar-refractivity contribution < 1.29 is 9.53 Å². The molecule has 26 heavy (non-hydrogen) atoms. The van der Waals surface area contributed by atoms with Gasteiger partial charge in [-0.3, -0.25) is 4.79 Å². The van der Waals surface area contributed by atoms with E-state index in [0.717, 1.165) is 22.4 Å². The number of carbonyl (C=O) groups is 1. The van der Waals surface area contributed by atoms with Crippen LogP contribution in [0.15, 0.2) is 34.7 Å². The van der Waals surface area contributed by atoms with Crippen LogP contribution in [-0.2, 0) is 16.0 Å². The predicted molar refractivity (Wildman–Crippen MR) is 106 cm³/mol. The molecule has 1 saturated heterocycles. The number of rotatable bonds is 7. The van der Waals surface area contributed by atoms with E-state index in [0.29, 0.717) is 18.8 Å².